The maximum atomic E-state index is 11.4. The van der Waals surface area contributed by atoms with Crippen LogP contribution in [-0.4, -0.2) is 18.9 Å². The molecule has 0 aliphatic carbocycles. The van der Waals surface area contributed by atoms with Gasteiger partial charge in [0.15, 0.2) is 5.78 Å². The molecule has 0 N–H and O–H groups in total. The number of ketones is 1. The lowest BCUT2D eigenvalue weighted by Gasteiger charge is -2.31. The molecule has 0 radical (unpaired) electrons. The first kappa shape index (κ1) is 9.25. The molecular formula is C12H15NO. The minimum atomic E-state index is 0.354. The Morgan fingerprint density at radius 2 is 2.00 bits per heavy atom. The summed E-state index contributed by atoms with van der Waals surface area (Å²) in [7, 11) is 0. The molecule has 74 valence electrons. The number of nitrogens with zero attached hydrogens (tertiary/aromatic N) is 1. The monoisotopic (exact) mass is 189 g/mol. The van der Waals surface area contributed by atoms with Gasteiger partial charge in [-0.2, -0.15) is 0 Å². The predicted octanol–water partition coefficient (Wildman–Crippen LogP) is 2.10. The Bertz CT molecular complexity index is 320. The van der Waals surface area contributed by atoms with Crippen LogP contribution in [-0.2, 0) is 4.79 Å². The van der Waals surface area contributed by atoms with Gasteiger partial charge in [-0.3, -0.25) is 4.79 Å². The van der Waals surface area contributed by atoms with Crippen LogP contribution in [0.1, 0.15) is 13.3 Å². The summed E-state index contributed by atoms with van der Waals surface area (Å²) < 4.78 is 0. The summed E-state index contributed by atoms with van der Waals surface area (Å²) in [5, 5.41) is 0. The second-order valence-corrected chi connectivity index (χ2v) is 4.06. The molecule has 1 aromatic carbocycles. The van der Waals surface area contributed by atoms with E-state index in [9.17, 15) is 4.79 Å². The largest absolute Gasteiger partial charge is 0.364 e. The summed E-state index contributed by atoms with van der Waals surface area (Å²) in [6.07, 6.45) is 0.739. The fourth-order valence-corrected chi connectivity index (χ4v) is 2.01. The third-order valence-electron chi connectivity index (χ3n) is 2.60. The van der Waals surface area contributed by atoms with Crippen molar-refractivity contribution < 1.29 is 4.79 Å². The van der Waals surface area contributed by atoms with E-state index in [2.05, 4.69) is 24.0 Å². The van der Waals surface area contributed by atoms with Gasteiger partial charge in [-0.25, -0.2) is 0 Å². The van der Waals surface area contributed by atoms with Gasteiger partial charge in [0.25, 0.3) is 0 Å². The van der Waals surface area contributed by atoms with E-state index in [1.807, 2.05) is 18.2 Å². The first-order valence-corrected chi connectivity index (χ1v) is 5.07. The van der Waals surface area contributed by atoms with Crippen molar-refractivity contribution in [3.63, 3.8) is 0 Å². The maximum Gasteiger partial charge on any atom is 0.152 e. The molecule has 0 bridgehead atoms. The van der Waals surface area contributed by atoms with E-state index in [-0.39, 0.29) is 0 Å². The maximum absolute atomic E-state index is 11.4. The van der Waals surface area contributed by atoms with E-state index in [1.165, 1.54) is 0 Å². The van der Waals surface area contributed by atoms with Crippen LogP contribution in [0.25, 0.3) is 0 Å². The van der Waals surface area contributed by atoms with Crippen LogP contribution < -0.4 is 4.90 Å². The molecule has 1 aliphatic rings. The fraction of sp³-hybridized carbons (Fsp3) is 0.417. The van der Waals surface area contributed by atoms with Crippen LogP contribution in [0.3, 0.4) is 0 Å². The van der Waals surface area contributed by atoms with Crippen LogP contribution in [0, 0.1) is 5.92 Å². The highest BCUT2D eigenvalue weighted by molar-refractivity contribution is 5.84. The van der Waals surface area contributed by atoms with Crippen LogP contribution in [0.4, 0.5) is 5.69 Å². The lowest BCUT2D eigenvalue weighted by atomic mass is 9.99. The van der Waals surface area contributed by atoms with Crippen molar-refractivity contribution in [3.05, 3.63) is 30.3 Å². The van der Waals surface area contributed by atoms with Crippen molar-refractivity contribution in [1.82, 2.24) is 0 Å². The highest BCUT2D eigenvalue weighted by Crippen LogP contribution is 2.20. The van der Waals surface area contributed by atoms with Crippen molar-refractivity contribution in [1.29, 1.82) is 0 Å². The number of carbonyl (C=O) groups excluding carboxylic acids is 1. The molecule has 2 rings (SSSR count). The van der Waals surface area contributed by atoms with Gasteiger partial charge >= 0.3 is 0 Å². The average molecular weight is 189 g/mol. The van der Waals surface area contributed by atoms with Gasteiger partial charge in [-0.15, -0.1) is 0 Å². The molecule has 0 spiro atoms. The van der Waals surface area contributed by atoms with E-state index >= 15 is 0 Å². The second-order valence-electron chi connectivity index (χ2n) is 4.06. The Balaban J connectivity index is 2.15. The molecule has 1 aliphatic heterocycles. The molecule has 1 saturated heterocycles. The minimum Gasteiger partial charge on any atom is -0.364 e. The van der Waals surface area contributed by atoms with Gasteiger partial charge in [0.2, 0.25) is 0 Å². The lowest BCUT2D eigenvalue weighted by molar-refractivity contribution is -0.119. The Kier molecular flexibility index (Phi) is 2.53. The summed E-state index contributed by atoms with van der Waals surface area (Å²) in [5.74, 6) is 0.837. The van der Waals surface area contributed by atoms with Crippen LogP contribution in [0.2, 0.25) is 0 Å². The molecule has 2 heteroatoms. The van der Waals surface area contributed by atoms with E-state index < -0.39 is 0 Å². The highest BCUT2D eigenvalue weighted by atomic mass is 16.1. The van der Waals surface area contributed by atoms with Gasteiger partial charge in [0.1, 0.15) is 0 Å². The number of para-hydroxylation sites is 1. The Morgan fingerprint density at radius 1 is 1.29 bits per heavy atom. The summed E-state index contributed by atoms with van der Waals surface area (Å²) >= 11 is 0. The summed E-state index contributed by atoms with van der Waals surface area (Å²) in [4.78, 5) is 13.6. The minimum absolute atomic E-state index is 0.354. The number of anilines is 1. The third-order valence-corrected chi connectivity index (χ3v) is 2.60. The van der Waals surface area contributed by atoms with Crippen LogP contribution in [0.5, 0.6) is 0 Å². The van der Waals surface area contributed by atoms with Gasteiger partial charge in [-0.05, 0) is 18.1 Å². The molecule has 2 nitrogen and oxygen atoms in total. The van der Waals surface area contributed by atoms with E-state index in [0.29, 0.717) is 18.2 Å². The quantitative estimate of drug-likeness (QED) is 0.674. The Hall–Kier alpha value is -1.31. The highest BCUT2D eigenvalue weighted by Gasteiger charge is 2.22. The van der Waals surface area contributed by atoms with Crippen molar-refractivity contribution in [2.75, 3.05) is 18.0 Å². The number of rotatable bonds is 1. The van der Waals surface area contributed by atoms with Gasteiger partial charge < -0.3 is 4.90 Å². The molecule has 1 atom stereocenters. The van der Waals surface area contributed by atoms with Crippen molar-refractivity contribution >= 4 is 11.5 Å². The molecule has 0 saturated carbocycles. The smallest absolute Gasteiger partial charge is 0.152 e. The standard InChI is InChI=1S/C12H15NO/c1-10-7-12(14)9-13(8-10)11-5-3-2-4-6-11/h2-6,10H,7-9H2,1H3. The Labute approximate surface area is 84.5 Å². The lowest BCUT2D eigenvalue weighted by Crippen LogP contribution is -2.39. The summed E-state index contributed by atoms with van der Waals surface area (Å²) in [5.41, 5.74) is 1.16. The zero-order valence-corrected chi connectivity index (χ0v) is 8.44. The Morgan fingerprint density at radius 3 is 2.64 bits per heavy atom. The zero-order valence-electron chi connectivity index (χ0n) is 8.44. The first-order chi connectivity index (χ1) is 6.75. The first-order valence-electron chi connectivity index (χ1n) is 5.07. The van der Waals surface area contributed by atoms with Crippen molar-refractivity contribution in [2.24, 2.45) is 5.92 Å². The van der Waals surface area contributed by atoms with E-state index in [4.69, 9.17) is 0 Å². The molecule has 1 heterocycles. The number of Topliss-reactive ketones (excluding diaryl/α,β-unsaturated/α-hetero) is 1. The second kappa shape index (κ2) is 3.82. The molecule has 1 unspecified atom stereocenters. The van der Waals surface area contributed by atoms with E-state index in [0.717, 1.165) is 18.7 Å². The number of carbonyl (C=O) groups is 1. The topological polar surface area (TPSA) is 20.3 Å². The van der Waals surface area contributed by atoms with E-state index in [1.54, 1.807) is 0 Å². The number of hydrogen-bond donors (Lipinski definition) is 0. The molecule has 0 amide bonds. The molecule has 1 aromatic rings. The zero-order chi connectivity index (χ0) is 9.97. The van der Waals surface area contributed by atoms with Crippen molar-refractivity contribution in [3.8, 4) is 0 Å². The number of benzene rings is 1. The summed E-state index contributed by atoms with van der Waals surface area (Å²) in [6, 6.07) is 10.1. The normalized spacial score (nSPS) is 22.5. The van der Waals surface area contributed by atoms with Gasteiger partial charge in [-0.1, -0.05) is 25.1 Å². The summed E-state index contributed by atoms with van der Waals surface area (Å²) in [6.45, 7) is 3.71. The number of piperidine rings is 1. The fourth-order valence-electron chi connectivity index (χ4n) is 2.01. The van der Waals surface area contributed by atoms with Gasteiger partial charge in [0, 0.05) is 18.7 Å². The average Bonchev–Trinajstić information content (AvgIpc) is 2.18. The molecule has 14 heavy (non-hydrogen) atoms. The SMILES string of the molecule is CC1CC(=O)CN(c2ccccc2)C1. The van der Waals surface area contributed by atoms with Crippen LogP contribution >= 0.6 is 0 Å². The molecule has 1 fully saturated rings. The van der Waals surface area contributed by atoms with Crippen LogP contribution in [0.15, 0.2) is 30.3 Å². The number of hydrogen-bond acceptors (Lipinski definition) is 2. The molecule has 0 aromatic heterocycles. The molecular weight excluding hydrogens is 174 g/mol. The van der Waals surface area contributed by atoms with Gasteiger partial charge in [0.05, 0.1) is 6.54 Å². The van der Waals surface area contributed by atoms with Crippen molar-refractivity contribution in [2.45, 2.75) is 13.3 Å². The third kappa shape index (κ3) is 1.95. The predicted molar refractivity (Wildman–Crippen MR) is 57.4 cm³/mol.